The van der Waals surface area contributed by atoms with Gasteiger partial charge in [-0.15, -0.1) is 0 Å². The van der Waals surface area contributed by atoms with Gasteiger partial charge in [0, 0.05) is 12.0 Å². The third-order valence-corrected chi connectivity index (χ3v) is 2.64. The van der Waals surface area contributed by atoms with Gasteiger partial charge in [0.25, 0.3) is 0 Å². The van der Waals surface area contributed by atoms with Gasteiger partial charge in [0.05, 0.1) is 0 Å². The van der Waals surface area contributed by atoms with Crippen LogP contribution in [0.25, 0.3) is 11.1 Å². The summed E-state index contributed by atoms with van der Waals surface area (Å²) in [6, 6.07) is 17.9. The second-order valence-electron chi connectivity index (χ2n) is 3.72. The van der Waals surface area contributed by atoms with E-state index in [9.17, 15) is 4.79 Å². The van der Waals surface area contributed by atoms with Crippen LogP contribution in [0.2, 0.25) is 0 Å². The van der Waals surface area contributed by atoms with Gasteiger partial charge in [-0.3, -0.25) is 4.79 Å². The van der Waals surface area contributed by atoms with E-state index in [0.29, 0.717) is 6.42 Å². The fourth-order valence-corrected chi connectivity index (χ4v) is 1.68. The Kier molecular flexibility index (Phi) is 5.86. The smallest absolute Gasteiger partial charge is 0.162 e. The van der Waals surface area contributed by atoms with E-state index in [1.165, 1.54) is 5.56 Å². The number of carbonyl (C=O) groups is 1. The van der Waals surface area contributed by atoms with Crippen molar-refractivity contribution in [2.24, 2.45) is 0 Å². The first kappa shape index (κ1) is 14.2. The molecule has 1 heteroatoms. The minimum atomic E-state index is 0.194. The molecule has 2 aromatic rings. The van der Waals surface area contributed by atoms with Crippen LogP contribution in [0.15, 0.2) is 54.6 Å². The number of hydrogen-bond acceptors (Lipinski definition) is 1. The van der Waals surface area contributed by atoms with Gasteiger partial charge < -0.3 is 0 Å². The van der Waals surface area contributed by atoms with Gasteiger partial charge in [-0.1, -0.05) is 75.4 Å². The summed E-state index contributed by atoms with van der Waals surface area (Å²) in [6.45, 7) is 5.88. The topological polar surface area (TPSA) is 17.1 Å². The van der Waals surface area contributed by atoms with Gasteiger partial charge in [0.2, 0.25) is 0 Å². The normalized spacial score (nSPS) is 9.28. The fraction of sp³-hybridized carbons (Fsp3) is 0.235. The van der Waals surface area contributed by atoms with Crippen LogP contribution in [-0.2, 0) is 0 Å². The third-order valence-electron chi connectivity index (χ3n) is 2.64. The third kappa shape index (κ3) is 3.56. The van der Waals surface area contributed by atoms with E-state index in [1.54, 1.807) is 0 Å². The van der Waals surface area contributed by atoms with Crippen LogP contribution in [0.4, 0.5) is 0 Å². The lowest BCUT2D eigenvalue weighted by atomic mass is 10.0. The molecule has 0 aliphatic heterocycles. The minimum absolute atomic E-state index is 0.194. The highest BCUT2D eigenvalue weighted by atomic mass is 16.1. The van der Waals surface area contributed by atoms with Gasteiger partial charge in [-0.05, 0) is 11.1 Å². The number of Topliss-reactive ketones (excluding diaryl/α,β-unsaturated/α-hetero) is 1. The van der Waals surface area contributed by atoms with Crippen molar-refractivity contribution in [3.8, 4) is 11.1 Å². The standard InChI is InChI=1S/C15H14O.C2H6/c1-2-15(16)14-10-8-13(9-11-14)12-6-4-3-5-7-12;1-2/h3-11H,2H2,1H3;1-2H3. The summed E-state index contributed by atoms with van der Waals surface area (Å²) in [6.07, 6.45) is 0.560. The second-order valence-corrected chi connectivity index (χ2v) is 3.72. The van der Waals surface area contributed by atoms with E-state index in [-0.39, 0.29) is 5.78 Å². The van der Waals surface area contributed by atoms with Gasteiger partial charge in [0.1, 0.15) is 0 Å². The van der Waals surface area contributed by atoms with Crippen LogP contribution in [0.5, 0.6) is 0 Å². The van der Waals surface area contributed by atoms with Gasteiger partial charge in [-0.25, -0.2) is 0 Å². The number of rotatable bonds is 3. The van der Waals surface area contributed by atoms with E-state index in [2.05, 4.69) is 12.1 Å². The fourth-order valence-electron chi connectivity index (χ4n) is 1.68. The first-order valence-electron chi connectivity index (χ1n) is 6.50. The number of ketones is 1. The molecule has 0 bridgehead atoms. The van der Waals surface area contributed by atoms with Crippen molar-refractivity contribution >= 4 is 5.78 Å². The zero-order valence-corrected chi connectivity index (χ0v) is 11.3. The van der Waals surface area contributed by atoms with Crippen LogP contribution in [-0.4, -0.2) is 5.78 Å². The molecule has 2 aromatic carbocycles. The highest BCUT2D eigenvalue weighted by Gasteiger charge is 2.02. The van der Waals surface area contributed by atoms with E-state index < -0.39 is 0 Å². The summed E-state index contributed by atoms with van der Waals surface area (Å²) < 4.78 is 0. The molecule has 0 saturated carbocycles. The molecule has 0 aromatic heterocycles. The van der Waals surface area contributed by atoms with Crippen molar-refractivity contribution in [2.45, 2.75) is 27.2 Å². The van der Waals surface area contributed by atoms with Crippen LogP contribution in [0.3, 0.4) is 0 Å². The van der Waals surface area contributed by atoms with Crippen molar-refractivity contribution in [2.75, 3.05) is 0 Å². The minimum Gasteiger partial charge on any atom is -0.294 e. The van der Waals surface area contributed by atoms with Crippen LogP contribution in [0.1, 0.15) is 37.6 Å². The molecule has 0 aliphatic carbocycles. The highest BCUT2D eigenvalue weighted by molar-refractivity contribution is 5.96. The zero-order valence-electron chi connectivity index (χ0n) is 11.3. The summed E-state index contributed by atoms with van der Waals surface area (Å²) in [5.74, 6) is 0.194. The SMILES string of the molecule is CC.CCC(=O)c1ccc(-c2ccccc2)cc1. The van der Waals surface area contributed by atoms with Crippen molar-refractivity contribution in [3.63, 3.8) is 0 Å². The molecule has 0 heterocycles. The van der Waals surface area contributed by atoms with Gasteiger partial charge in [-0.2, -0.15) is 0 Å². The summed E-state index contributed by atoms with van der Waals surface area (Å²) in [4.78, 5) is 11.5. The molecule has 0 amide bonds. The Labute approximate surface area is 109 Å². The molecule has 0 atom stereocenters. The summed E-state index contributed by atoms with van der Waals surface area (Å²) in [5, 5.41) is 0. The lowest BCUT2D eigenvalue weighted by Gasteiger charge is -2.02. The van der Waals surface area contributed by atoms with Crippen LogP contribution >= 0.6 is 0 Å². The molecule has 0 saturated heterocycles. The summed E-state index contributed by atoms with van der Waals surface area (Å²) >= 11 is 0. The zero-order chi connectivity index (χ0) is 13.4. The van der Waals surface area contributed by atoms with E-state index in [0.717, 1.165) is 11.1 Å². The quantitative estimate of drug-likeness (QED) is 0.692. The lowest BCUT2D eigenvalue weighted by molar-refractivity contribution is 0.0988. The largest absolute Gasteiger partial charge is 0.294 e. The molecule has 0 radical (unpaired) electrons. The van der Waals surface area contributed by atoms with E-state index >= 15 is 0 Å². The number of benzene rings is 2. The Bertz CT molecular complexity index is 469. The average Bonchev–Trinajstić information content (AvgIpc) is 2.49. The predicted molar refractivity (Wildman–Crippen MR) is 77.8 cm³/mol. The number of hydrogen-bond donors (Lipinski definition) is 0. The number of carbonyl (C=O) groups excluding carboxylic acids is 1. The lowest BCUT2D eigenvalue weighted by Crippen LogP contribution is -1.95. The van der Waals surface area contributed by atoms with Crippen LogP contribution < -0.4 is 0 Å². The predicted octanol–water partition coefficient (Wildman–Crippen LogP) is 4.97. The second kappa shape index (κ2) is 7.44. The molecule has 0 aliphatic rings. The molecule has 0 unspecified atom stereocenters. The summed E-state index contributed by atoms with van der Waals surface area (Å²) in [5.41, 5.74) is 3.12. The van der Waals surface area contributed by atoms with Gasteiger partial charge >= 0.3 is 0 Å². The molecule has 0 fully saturated rings. The average molecular weight is 240 g/mol. The maximum absolute atomic E-state index is 11.5. The van der Waals surface area contributed by atoms with Gasteiger partial charge in [0.15, 0.2) is 5.78 Å². The highest BCUT2D eigenvalue weighted by Crippen LogP contribution is 2.19. The first-order chi connectivity index (χ1) is 8.81. The van der Waals surface area contributed by atoms with Crippen molar-refractivity contribution < 1.29 is 4.79 Å². The van der Waals surface area contributed by atoms with Crippen LogP contribution in [0, 0.1) is 0 Å². The Hall–Kier alpha value is -1.89. The van der Waals surface area contributed by atoms with Crippen molar-refractivity contribution in [3.05, 3.63) is 60.2 Å². The van der Waals surface area contributed by atoms with Crippen molar-refractivity contribution in [1.29, 1.82) is 0 Å². The monoisotopic (exact) mass is 240 g/mol. The molecule has 2 rings (SSSR count). The molecular weight excluding hydrogens is 220 g/mol. The molecule has 94 valence electrons. The van der Waals surface area contributed by atoms with Crippen molar-refractivity contribution in [1.82, 2.24) is 0 Å². The molecule has 0 spiro atoms. The molecule has 0 N–H and O–H groups in total. The maximum atomic E-state index is 11.5. The Balaban J connectivity index is 0.000000771. The Morgan fingerprint density at radius 3 is 1.83 bits per heavy atom. The maximum Gasteiger partial charge on any atom is 0.162 e. The molecular formula is C17H20O. The summed E-state index contributed by atoms with van der Waals surface area (Å²) in [7, 11) is 0. The Morgan fingerprint density at radius 1 is 0.833 bits per heavy atom. The molecule has 1 nitrogen and oxygen atoms in total. The molecule has 18 heavy (non-hydrogen) atoms. The van der Waals surface area contributed by atoms with E-state index in [4.69, 9.17) is 0 Å². The van der Waals surface area contributed by atoms with E-state index in [1.807, 2.05) is 63.2 Å². The first-order valence-corrected chi connectivity index (χ1v) is 6.50. The Morgan fingerprint density at radius 2 is 1.33 bits per heavy atom.